The molecule has 0 bridgehead atoms. The van der Waals surface area contributed by atoms with Crippen LogP contribution in [-0.2, 0) is 16.6 Å². The number of ether oxygens (including phenoxy) is 1. The molecule has 1 aromatic rings. The lowest BCUT2D eigenvalue weighted by atomic mass is 9.98. The van der Waals surface area contributed by atoms with Crippen LogP contribution in [0.1, 0.15) is 49.3 Å². The van der Waals surface area contributed by atoms with Crippen LogP contribution in [0.15, 0.2) is 9.70 Å². The summed E-state index contributed by atoms with van der Waals surface area (Å²) >= 11 is 6.77. The molecule has 4 heterocycles. The molecular formula is C23H28N4O3S2. The van der Waals surface area contributed by atoms with Crippen LogP contribution in [0.4, 0.5) is 5.82 Å². The molecule has 1 amide bonds. The number of hydrogen-bond donors (Lipinski definition) is 0. The highest BCUT2D eigenvalue weighted by Gasteiger charge is 2.35. The van der Waals surface area contributed by atoms with Crippen molar-refractivity contribution in [3.05, 3.63) is 31.9 Å². The Morgan fingerprint density at radius 1 is 1.31 bits per heavy atom. The summed E-state index contributed by atoms with van der Waals surface area (Å²) in [6.45, 7) is 6.85. The van der Waals surface area contributed by atoms with E-state index in [0.29, 0.717) is 27.3 Å². The van der Waals surface area contributed by atoms with Crippen molar-refractivity contribution in [2.75, 3.05) is 31.1 Å². The van der Waals surface area contributed by atoms with E-state index in [2.05, 4.69) is 17.9 Å². The summed E-state index contributed by atoms with van der Waals surface area (Å²) in [6, 6.07) is 2.06. The zero-order valence-electron chi connectivity index (χ0n) is 18.7. The molecule has 32 heavy (non-hydrogen) atoms. The summed E-state index contributed by atoms with van der Waals surface area (Å²) < 4.78 is 7.77. The molecule has 0 aliphatic carbocycles. The van der Waals surface area contributed by atoms with Crippen LogP contribution in [0.2, 0.25) is 0 Å². The average molecular weight is 473 g/mol. The van der Waals surface area contributed by atoms with Crippen LogP contribution < -0.4 is 10.5 Å². The highest BCUT2D eigenvalue weighted by Crippen LogP contribution is 2.37. The summed E-state index contributed by atoms with van der Waals surface area (Å²) in [5.74, 6) is 1.13. The number of rotatable bonds is 4. The molecule has 170 valence electrons. The highest BCUT2D eigenvalue weighted by atomic mass is 32.2. The number of amides is 1. The maximum atomic E-state index is 13.2. The fourth-order valence-electron chi connectivity index (χ4n) is 4.76. The van der Waals surface area contributed by atoms with Gasteiger partial charge in [-0.2, -0.15) is 5.26 Å². The Morgan fingerprint density at radius 3 is 2.75 bits per heavy atom. The first-order valence-electron chi connectivity index (χ1n) is 11.1. The van der Waals surface area contributed by atoms with Crippen LogP contribution in [-0.4, -0.2) is 52.0 Å². The Labute approximate surface area is 198 Å². The van der Waals surface area contributed by atoms with E-state index in [4.69, 9.17) is 17.0 Å². The van der Waals surface area contributed by atoms with E-state index >= 15 is 0 Å². The van der Waals surface area contributed by atoms with Gasteiger partial charge < -0.3 is 9.64 Å². The van der Waals surface area contributed by atoms with Gasteiger partial charge in [-0.25, -0.2) is 0 Å². The van der Waals surface area contributed by atoms with Crippen LogP contribution in [0.3, 0.4) is 0 Å². The molecule has 1 aromatic heterocycles. The zero-order chi connectivity index (χ0) is 23.0. The number of thiocarbonyl (C=S) groups is 1. The summed E-state index contributed by atoms with van der Waals surface area (Å²) in [6.07, 6.45) is 5.96. The number of hydrogen-bond acceptors (Lipinski definition) is 7. The van der Waals surface area contributed by atoms with Gasteiger partial charge in [-0.15, -0.1) is 0 Å². The fourth-order valence-corrected chi connectivity index (χ4v) is 6.01. The topological polar surface area (TPSA) is 78.6 Å². The summed E-state index contributed by atoms with van der Waals surface area (Å²) in [5.41, 5.74) is 1.16. The largest absolute Gasteiger partial charge is 0.376 e. The predicted molar refractivity (Wildman–Crippen MR) is 131 cm³/mol. The summed E-state index contributed by atoms with van der Waals surface area (Å²) in [4.78, 5) is 30.5. The lowest BCUT2D eigenvalue weighted by Gasteiger charge is -2.35. The minimum absolute atomic E-state index is 0.0201. The Hall–Kier alpha value is -2.15. The van der Waals surface area contributed by atoms with E-state index in [1.807, 2.05) is 6.08 Å². The molecule has 3 fully saturated rings. The maximum absolute atomic E-state index is 13.2. The van der Waals surface area contributed by atoms with Gasteiger partial charge in [0.15, 0.2) is 0 Å². The quantitative estimate of drug-likeness (QED) is 0.492. The first kappa shape index (κ1) is 23.0. The lowest BCUT2D eigenvalue weighted by Crippen LogP contribution is -2.39. The van der Waals surface area contributed by atoms with Crippen LogP contribution in [0.25, 0.3) is 6.08 Å². The SMILES string of the molecule is Cc1c(/C=C2\SC(=S)N(CC3CCCO3)C2=O)c(N2CCCC(C)C2)n(C)c(=O)c1C#N. The molecule has 2 unspecified atom stereocenters. The second kappa shape index (κ2) is 9.38. The molecule has 0 aromatic carbocycles. The van der Waals surface area contributed by atoms with Crippen molar-refractivity contribution in [2.45, 2.75) is 45.6 Å². The molecule has 0 N–H and O–H groups in total. The van der Waals surface area contributed by atoms with Crippen LogP contribution >= 0.6 is 24.0 Å². The zero-order valence-corrected chi connectivity index (χ0v) is 20.4. The van der Waals surface area contributed by atoms with Gasteiger partial charge >= 0.3 is 0 Å². The lowest BCUT2D eigenvalue weighted by molar-refractivity contribution is -0.123. The Morgan fingerprint density at radius 2 is 2.09 bits per heavy atom. The maximum Gasteiger partial charge on any atom is 0.270 e. The molecular weight excluding hydrogens is 444 g/mol. The average Bonchev–Trinajstić information content (AvgIpc) is 3.37. The minimum atomic E-state index is -0.304. The smallest absolute Gasteiger partial charge is 0.270 e. The predicted octanol–water partition coefficient (Wildman–Crippen LogP) is 3.18. The van der Waals surface area contributed by atoms with Gasteiger partial charge in [-0.3, -0.25) is 19.1 Å². The van der Waals surface area contributed by atoms with Gasteiger partial charge in [0.1, 0.15) is 21.8 Å². The molecule has 2 atom stereocenters. The second-order valence-electron chi connectivity index (χ2n) is 8.83. The second-order valence-corrected chi connectivity index (χ2v) is 10.5. The van der Waals surface area contributed by atoms with Gasteiger partial charge in [0.25, 0.3) is 11.5 Å². The van der Waals surface area contributed by atoms with E-state index in [0.717, 1.165) is 56.8 Å². The first-order valence-corrected chi connectivity index (χ1v) is 12.3. The van der Waals surface area contributed by atoms with Crippen molar-refractivity contribution in [1.29, 1.82) is 5.26 Å². The molecule has 3 aliphatic heterocycles. The number of thioether (sulfide) groups is 1. The third kappa shape index (κ3) is 4.24. The number of anilines is 1. The van der Waals surface area contributed by atoms with Crippen LogP contribution in [0.5, 0.6) is 0 Å². The molecule has 0 radical (unpaired) electrons. The standard InChI is InChI=1S/C23H28N4O3S2/c1-14-6-4-8-26(12-14)20-17(15(2)18(11-24)21(28)25(20)3)10-19-22(29)27(23(31)32-19)13-16-7-5-9-30-16/h10,14,16H,4-9,12-13H2,1-3H3/b19-10-. The van der Waals surface area contributed by atoms with E-state index < -0.39 is 0 Å². The fraction of sp³-hybridized carbons (Fsp3) is 0.565. The summed E-state index contributed by atoms with van der Waals surface area (Å²) in [7, 11) is 1.71. The number of pyridine rings is 1. The van der Waals surface area contributed by atoms with Crippen molar-refractivity contribution in [2.24, 2.45) is 13.0 Å². The van der Waals surface area contributed by atoms with Crippen molar-refractivity contribution in [3.63, 3.8) is 0 Å². The van der Waals surface area contributed by atoms with Crippen molar-refractivity contribution in [1.82, 2.24) is 9.47 Å². The van der Waals surface area contributed by atoms with Gasteiger partial charge in [0.2, 0.25) is 0 Å². The van der Waals surface area contributed by atoms with Gasteiger partial charge in [0.05, 0.1) is 17.6 Å². The molecule has 0 saturated carbocycles. The molecule has 3 aliphatic rings. The Kier molecular flexibility index (Phi) is 6.75. The summed E-state index contributed by atoms with van der Waals surface area (Å²) in [5, 5.41) is 9.64. The van der Waals surface area contributed by atoms with E-state index in [1.165, 1.54) is 11.8 Å². The number of nitrogens with zero attached hydrogens (tertiary/aromatic N) is 4. The van der Waals surface area contributed by atoms with Crippen molar-refractivity contribution >= 4 is 46.1 Å². The number of carbonyl (C=O) groups is 1. The molecule has 3 saturated heterocycles. The van der Waals surface area contributed by atoms with E-state index in [9.17, 15) is 14.9 Å². The van der Waals surface area contributed by atoms with Gasteiger partial charge in [-0.1, -0.05) is 30.9 Å². The number of aromatic nitrogens is 1. The van der Waals surface area contributed by atoms with Gasteiger partial charge in [0, 0.05) is 32.3 Å². The van der Waals surface area contributed by atoms with E-state index in [-0.39, 0.29) is 23.1 Å². The number of nitriles is 1. The normalized spacial score (nSPS) is 25.1. The molecule has 7 nitrogen and oxygen atoms in total. The van der Waals surface area contributed by atoms with E-state index in [1.54, 1.807) is 23.4 Å². The molecule has 0 spiro atoms. The van der Waals surface area contributed by atoms with Crippen molar-refractivity contribution in [3.8, 4) is 6.07 Å². The number of piperidine rings is 1. The Bertz CT molecular complexity index is 1080. The van der Waals surface area contributed by atoms with Gasteiger partial charge in [-0.05, 0) is 50.2 Å². The Balaban J connectivity index is 1.77. The third-order valence-corrected chi connectivity index (χ3v) is 7.86. The first-order chi connectivity index (χ1) is 15.3. The third-order valence-electron chi connectivity index (χ3n) is 6.48. The van der Waals surface area contributed by atoms with Crippen molar-refractivity contribution < 1.29 is 9.53 Å². The highest BCUT2D eigenvalue weighted by molar-refractivity contribution is 8.26. The molecule has 4 rings (SSSR count). The monoisotopic (exact) mass is 472 g/mol. The molecule has 9 heteroatoms. The minimum Gasteiger partial charge on any atom is -0.376 e. The number of carbonyl (C=O) groups excluding carboxylic acids is 1. The van der Waals surface area contributed by atoms with Crippen LogP contribution in [0, 0.1) is 24.2 Å².